The number of nitrogens with two attached hydrogens (primary N) is 1. The van der Waals surface area contributed by atoms with Crippen molar-refractivity contribution in [2.75, 3.05) is 13.1 Å². The van der Waals surface area contributed by atoms with Gasteiger partial charge >= 0.3 is 0 Å². The minimum absolute atomic E-state index is 0.0121. The van der Waals surface area contributed by atoms with Gasteiger partial charge in [0.1, 0.15) is 0 Å². The highest BCUT2D eigenvalue weighted by Gasteiger charge is 2.26. The SMILES string of the molecule is NCC1CCCCC1NC(=O)CCC(=O)N1CCc2sccc2C1. The van der Waals surface area contributed by atoms with Gasteiger partial charge in [0.2, 0.25) is 11.8 Å². The molecule has 1 aliphatic carbocycles. The highest BCUT2D eigenvalue weighted by Crippen LogP contribution is 2.25. The summed E-state index contributed by atoms with van der Waals surface area (Å²) in [5.41, 5.74) is 7.07. The van der Waals surface area contributed by atoms with Crippen LogP contribution < -0.4 is 11.1 Å². The second kappa shape index (κ2) is 8.12. The molecule has 1 fully saturated rings. The fraction of sp³-hybridized carbons (Fsp3) is 0.667. The van der Waals surface area contributed by atoms with Crippen LogP contribution in [0.4, 0.5) is 0 Å². The molecular formula is C18H27N3O2S. The van der Waals surface area contributed by atoms with Crippen molar-refractivity contribution in [3.05, 3.63) is 21.9 Å². The lowest BCUT2D eigenvalue weighted by atomic mass is 9.84. The lowest BCUT2D eigenvalue weighted by Crippen LogP contribution is -2.45. The van der Waals surface area contributed by atoms with Crippen LogP contribution in [0.15, 0.2) is 11.4 Å². The summed E-state index contributed by atoms with van der Waals surface area (Å²) >= 11 is 1.77. The van der Waals surface area contributed by atoms with Gasteiger partial charge in [0, 0.05) is 36.9 Å². The van der Waals surface area contributed by atoms with E-state index in [4.69, 9.17) is 5.73 Å². The first-order valence-electron chi connectivity index (χ1n) is 9.00. The molecule has 0 aromatic carbocycles. The molecule has 132 valence electrons. The number of fused-ring (bicyclic) bond motifs is 1. The number of rotatable bonds is 5. The minimum atomic E-state index is -0.0121. The molecular weight excluding hydrogens is 322 g/mol. The van der Waals surface area contributed by atoms with Crippen molar-refractivity contribution in [2.24, 2.45) is 11.7 Å². The molecule has 0 bridgehead atoms. The Morgan fingerprint density at radius 1 is 1.29 bits per heavy atom. The van der Waals surface area contributed by atoms with Crippen LogP contribution in [0.5, 0.6) is 0 Å². The van der Waals surface area contributed by atoms with E-state index in [2.05, 4.69) is 16.8 Å². The smallest absolute Gasteiger partial charge is 0.223 e. The largest absolute Gasteiger partial charge is 0.353 e. The molecule has 0 radical (unpaired) electrons. The third-order valence-corrected chi connectivity index (χ3v) is 6.31. The van der Waals surface area contributed by atoms with E-state index in [1.807, 2.05) is 4.90 Å². The number of amides is 2. The van der Waals surface area contributed by atoms with E-state index < -0.39 is 0 Å². The first-order valence-corrected chi connectivity index (χ1v) is 9.88. The zero-order valence-electron chi connectivity index (χ0n) is 14.1. The van der Waals surface area contributed by atoms with Crippen molar-refractivity contribution >= 4 is 23.2 Å². The molecule has 1 aromatic heterocycles. The number of hydrogen-bond acceptors (Lipinski definition) is 4. The van der Waals surface area contributed by atoms with Crippen LogP contribution in [0.25, 0.3) is 0 Å². The summed E-state index contributed by atoms with van der Waals surface area (Å²) in [6.45, 7) is 2.09. The summed E-state index contributed by atoms with van der Waals surface area (Å²) in [4.78, 5) is 27.8. The van der Waals surface area contributed by atoms with E-state index in [0.29, 0.717) is 25.4 Å². The highest BCUT2D eigenvalue weighted by molar-refractivity contribution is 7.10. The molecule has 6 heteroatoms. The maximum Gasteiger partial charge on any atom is 0.223 e. The van der Waals surface area contributed by atoms with Crippen molar-refractivity contribution in [1.82, 2.24) is 10.2 Å². The van der Waals surface area contributed by atoms with Gasteiger partial charge in [-0.1, -0.05) is 12.8 Å². The van der Waals surface area contributed by atoms with Gasteiger partial charge in [-0.3, -0.25) is 9.59 Å². The van der Waals surface area contributed by atoms with Crippen molar-refractivity contribution < 1.29 is 9.59 Å². The zero-order chi connectivity index (χ0) is 16.9. The van der Waals surface area contributed by atoms with Crippen molar-refractivity contribution in [3.8, 4) is 0 Å². The Bertz CT molecular complexity index is 587. The molecule has 24 heavy (non-hydrogen) atoms. The molecule has 3 N–H and O–H groups in total. The molecule has 3 rings (SSSR count). The van der Waals surface area contributed by atoms with Gasteiger partial charge in [-0.05, 0) is 48.7 Å². The lowest BCUT2D eigenvalue weighted by Gasteiger charge is -2.31. The maximum atomic E-state index is 12.4. The highest BCUT2D eigenvalue weighted by atomic mass is 32.1. The summed E-state index contributed by atoms with van der Waals surface area (Å²) in [5, 5.41) is 5.19. The van der Waals surface area contributed by atoms with Crippen LogP contribution >= 0.6 is 11.3 Å². The Labute approximate surface area is 147 Å². The quantitative estimate of drug-likeness (QED) is 0.854. The number of carbonyl (C=O) groups excluding carboxylic acids is 2. The van der Waals surface area contributed by atoms with Gasteiger partial charge in [0.15, 0.2) is 0 Å². The molecule has 0 spiro atoms. The van der Waals surface area contributed by atoms with E-state index in [0.717, 1.165) is 32.2 Å². The van der Waals surface area contributed by atoms with Crippen molar-refractivity contribution in [2.45, 2.75) is 57.5 Å². The molecule has 2 amide bonds. The summed E-state index contributed by atoms with van der Waals surface area (Å²) < 4.78 is 0. The standard InChI is InChI=1S/C18H27N3O2S/c19-11-13-3-1-2-4-15(13)20-17(22)5-6-18(23)21-9-7-16-14(12-21)8-10-24-16/h8,10,13,15H,1-7,9,11-12,19H2,(H,20,22). The van der Waals surface area contributed by atoms with Crippen LogP contribution in [0.1, 0.15) is 49.0 Å². The van der Waals surface area contributed by atoms with E-state index in [1.54, 1.807) is 11.3 Å². The average molecular weight is 350 g/mol. The second-order valence-corrected chi connectivity index (χ2v) is 7.89. The molecule has 2 atom stereocenters. The first-order chi connectivity index (χ1) is 11.7. The van der Waals surface area contributed by atoms with E-state index >= 15 is 0 Å². The predicted molar refractivity (Wildman–Crippen MR) is 95.6 cm³/mol. The van der Waals surface area contributed by atoms with Gasteiger partial charge in [0.05, 0.1) is 0 Å². The van der Waals surface area contributed by atoms with Gasteiger partial charge < -0.3 is 16.0 Å². The molecule has 2 heterocycles. The van der Waals surface area contributed by atoms with Gasteiger partial charge in [0.25, 0.3) is 0 Å². The van der Waals surface area contributed by atoms with E-state index in [1.165, 1.54) is 16.9 Å². The molecule has 0 saturated heterocycles. The average Bonchev–Trinajstić information content (AvgIpc) is 3.07. The Morgan fingerprint density at radius 3 is 2.96 bits per heavy atom. The van der Waals surface area contributed by atoms with Gasteiger partial charge in [-0.2, -0.15) is 0 Å². The maximum absolute atomic E-state index is 12.4. The number of thiophene rings is 1. The Balaban J connectivity index is 1.43. The molecule has 2 aliphatic rings. The molecule has 1 saturated carbocycles. The summed E-state index contributed by atoms with van der Waals surface area (Å²) in [6.07, 6.45) is 5.96. The predicted octanol–water partition coefficient (Wildman–Crippen LogP) is 2.05. The Kier molecular flexibility index (Phi) is 5.89. The number of nitrogens with zero attached hydrogens (tertiary/aromatic N) is 1. The van der Waals surface area contributed by atoms with Gasteiger partial charge in [-0.15, -0.1) is 11.3 Å². The molecule has 1 aliphatic heterocycles. The molecule has 1 aromatic rings. The van der Waals surface area contributed by atoms with Crippen LogP contribution in [0, 0.1) is 5.92 Å². The minimum Gasteiger partial charge on any atom is -0.353 e. The van der Waals surface area contributed by atoms with Crippen molar-refractivity contribution in [1.29, 1.82) is 0 Å². The number of hydrogen-bond donors (Lipinski definition) is 2. The number of carbonyl (C=O) groups is 2. The summed E-state index contributed by atoms with van der Waals surface area (Å²) in [5.74, 6) is 0.459. The molecule has 5 nitrogen and oxygen atoms in total. The van der Waals surface area contributed by atoms with Crippen molar-refractivity contribution in [3.63, 3.8) is 0 Å². The topological polar surface area (TPSA) is 75.4 Å². The fourth-order valence-corrected chi connectivity index (χ4v) is 4.69. The Morgan fingerprint density at radius 2 is 2.12 bits per heavy atom. The Hall–Kier alpha value is -1.40. The van der Waals surface area contributed by atoms with Crippen LogP contribution in [0.2, 0.25) is 0 Å². The lowest BCUT2D eigenvalue weighted by molar-refractivity contribution is -0.134. The fourth-order valence-electron chi connectivity index (χ4n) is 3.80. The monoisotopic (exact) mass is 349 g/mol. The van der Waals surface area contributed by atoms with Crippen LogP contribution in [-0.2, 0) is 22.6 Å². The normalized spacial score (nSPS) is 23.6. The van der Waals surface area contributed by atoms with E-state index in [9.17, 15) is 9.59 Å². The van der Waals surface area contributed by atoms with Gasteiger partial charge in [-0.25, -0.2) is 0 Å². The zero-order valence-corrected chi connectivity index (χ0v) is 14.9. The third kappa shape index (κ3) is 4.16. The first kappa shape index (κ1) is 17.4. The third-order valence-electron chi connectivity index (χ3n) is 5.28. The summed E-state index contributed by atoms with van der Waals surface area (Å²) in [7, 11) is 0. The van der Waals surface area contributed by atoms with Crippen LogP contribution in [-0.4, -0.2) is 35.8 Å². The second-order valence-electron chi connectivity index (χ2n) is 6.89. The molecule has 2 unspecified atom stereocenters. The van der Waals surface area contributed by atoms with Crippen LogP contribution in [0.3, 0.4) is 0 Å². The summed E-state index contributed by atoms with van der Waals surface area (Å²) in [6, 6.07) is 2.29. The number of nitrogens with one attached hydrogen (secondary N) is 1. The van der Waals surface area contributed by atoms with E-state index in [-0.39, 0.29) is 24.3 Å².